The molecule has 1 saturated heterocycles. The van der Waals surface area contributed by atoms with Gasteiger partial charge >= 0.3 is 0 Å². The van der Waals surface area contributed by atoms with Crippen LogP contribution in [0.3, 0.4) is 0 Å². The van der Waals surface area contributed by atoms with Gasteiger partial charge in [0.15, 0.2) is 0 Å². The Kier molecular flexibility index (Phi) is 9.53. The lowest BCUT2D eigenvalue weighted by atomic mass is 9.86. The van der Waals surface area contributed by atoms with Gasteiger partial charge in [0, 0.05) is 27.0 Å². The number of fused-ring (bicyclic) bond motifs is 1. The molecule has 1 fully saturated rings. The molecule has 2 unspecified atom stereocenters. The number of hydrogen-bond donors (Lipinski definition) is 4. The molecular weight excluding hydrogens is 572 g/mol. The van der Waals surface area contributed by atoms with Gasteiger partial charge in [0.25, 0.3) is 0 Å². The Morgan fingerprint density at radius 2 is 1.80 bits per heavy atom. The number of ether oxygens (including phenoxy) is 1. The lowest BCUT2D eigenvalue weighted by molar-refractivity contribution is 0.108. The second-order valence-electron chi connectivity index (χ2n) is 12.4. The molecule has 4 aromatic rings. The summed E-state index contributed by atoms with van der Waals surface area (Å²) in [6.45, 7) is 14.2. The first kappa shape index (κ1) is 31.8. The summed E-state index contributed by atoms with van der Waals surface area (Å²) in [7, 11) is -2.53. The molecule has 2 aromatic heterocycles. The Morgan fingerprint density at radius 3 is 2.48 bits per heavy atom. The fourth-order valence-electron chi connectivity index (χ4n) is 5.83. The van der Waals surface area contributed by atoms with Gasteiger partial charge in [-0.1, -0.05) is 26.0 Å². The van der Waals surface area contributed by atoms with Crippen LogP contribution in [0.4, 0.5) is 23.1 Å². The molecule has 10 heteroatoms. The molecule has 4 N–H and O–H groups in total. The smallest absolute Gasteiger partial charge is 0.231 e. The molecule has 2 aromatic carbocycles. The second-order valence-corrected chi connectivity index (χ2v) is 15.2. The highest BCUT2D eigenvalue weighted by molar-refractivity contribution is 8.01. The van der Waals surface area contributed by atoms with Crippen LogP contribution < -0.4 is 15.4 Å². The number of rotatable bonds is 11. The van der Waals surface area contributed by atoms with Crippen molar-refractivity contribution in [3.8, 4) is 5.75 Å². The molecule has 5 rings (SSSR count). The first-order valence-electron chi connectivity index (χ1n) is 15.5. The van der Waals surface area contributed by atoms with Gasteiger partial charge in [-0.05, 0) is 107 Å². The minimum Gasteiger partial charge on any atom is -0.489 e. The highest BCUT2D eigenvalue weighted by atomic mass is 32.2. The van der Waals surface area contributed by atoms with Crippen LogP contribution in [0.5, 0.6) is 5.75 Å². The zero-order chi connectivity index (χ0) is 31.6. The van der Waals surface area contributed by atoms with Crippen molar-refractivity contribution in [2.45, 2.75) is 82.6 Å². The number of aliphatic hydroxyl groups is 1. The van der Waals surface area contributed by atoms with Crippen molar-refractivity contribution in [3.63, 3.8) is 0 Å². The number of hydrogen-bond acceptors (Lipinski definition) is 8. The monoisotopic (exact) mass is 618 g/mol. The van der Waals surface area contributed by atoms with Gasteiger partial charge in [-0.3, -0.25) is 9.11 Å². The standard InChI is InChI=1S/C34H46N6O3S/c1-21(2)43-30-19-27(25-13-16-40(17-14-25)24(6)20-41)23(5)18-29(30)37-34-38-32-26(12-15-35-32)33(39-34)36-28-10-8-9-11-31(28)44(7,42)22(3)4/h8-12,15,18-19,21-22,24-25,41H,7,13-14,16-17,20H2,1-6H3,(H3,35,36,37,38,39). The molecule has 2 atom stereocenters. The minimum atomic E-state index is -2.53. The highest BCUT2D eigenvalue weighted by Gasteiger charge is 2.26. The Morgan fingerprint density at radius 1 is 1.07 bits per heavy atom. The van der Waals surface area contributed by atoms with Crippen molar-refractivity contribution >= 4 is 49.6 Å². The number of anilines is 4. The third kappa shape index (κ3) is 6.72. The lowest BCUT2D eigenvalue weighted by Crippen LogP contribution is -2.41. The van der Waals surface area contributed by atoms with Crippen LogP contribution >= 0.6 is 0 Å². The van der Waals surface area contributed by atoms with Crippen molar-refractivity contribution in [2.24, 2.45) is 0 Å². The summed E-state index contributed by atoms with van der Waals surface area (Å²) < 4.78 is 19.9. The van der Waals surface area contributed by atoms with Gasteiger partial charge < -0.3 is 25.5 Å². The Balaban J connectivity index is 1.47. The van der Waals surface area contributed by atoms with Crippen molar-refractivity contribution < 1.29 is 14.1 Å². The Bertz CT molecular complexity index is 1710. The SMILES string of the molecule is C=S(=O)(c1ccccc1Nc1nc(Nc2cc(C)c(C3CCN(C(C)CO)CC3)cc2OC(C)C)nc2[nH]ccc12)C(C)C. The summed E-state index contributed by atoms with van der Waals surface area (Å²) in [4.78, 5) is 15.9. The van der Waals surface area contributed by atoms with E-state index in [1.807, 2.05) is 64.2 Å². The maximum atomic E-state index is 13.6. The summed E-state index contributed by atoms with van der Waals surface area (Å²) in [6, 6.07) is 14.0. The molecule has 0 spiro atoms. The fourth-order valence-corrected chi connectivity index (χ4v) is 7.13. The van der Waals surface area contributed by atoms with Crippen molar-refractivity contribution in [1.29, 1.82) is 0 Å². The maximum absolute atomic E-state index is 13.6. The average Bonchev–Trinajstić information content (AvgIpc) is 3.47. The Hall–Kier alpha value is -3.60. The first-order chi connectivity index (χ1) is 21.0. The number of aryl methyl sites for hydroxylation is 1. The third-order valence-electron chi connectivity index (χ3n) is 8.52. The molecule has 0 amide bonds. The van der Waals surface area contributed by atoms with Gasteiger partial charge in [-0.15, -0.1) is 0 Å². The Labute approximate surface area is 261 Å². The van der Waals surface area contributed by atoms with E-state index < -0.39 is 9.52 Å². The quantitative estimate of drug-likeness (QED) is 0.139. The summed E-state index contributed by atoms with van der Waals surface area (Å²) in [5.74, 6) is 6.26. The van der Waals surface area contributed by atoms with Crippen molar-refractivity contribution in [3.05, 3.63) is 59.8 Å². The zero-order valence-electron chi connectivity index (χ0n) is 26.7. The molecule has 1 aliphatic heterocycles. The van der Waals surface area contributed by atoms with Crippen LogP contribution in [0.1, 0.15) is 64.5 Å². The van der Waals surface area contributed by atoms with E-state index in [1.165, 1.54) is 11.1 Å². The van der Waals surface area contributed by atoms with Crippen LogP contribution in [-0.2, 0) is 9.52 Å². The number of aliphatic hydroxyl groups excluding tert-OH is 1. The van der Waals surface area contributed by atoms with Gasteiger partial charge in [0.1, 0.15) is 17.2 Å². The number of aromatic nitrogens is 3. The van der Waals surface area contributed by atoms with Gasteiger partial charge in [-0.2, -0.15) is 9.97 Å². The molecule has 44 heavy (non-hydrogen) atoms. The van der Waals surface area contributed by atoms with E-state index in [1.54, 1.807) is 0 Å². The topological polar surface area (TPSA) is 115 Å². The number of aromatic amines is 1. The van der Waals surface area contributed by atoms with E-state index in [0.717, 1.165) is 42.8 Å². The van der Waals surface area contributed by atoms with Crippen LogP contribution in [-0.4, -0.2) is 72.1 Å². The van der Waals surface area contributed by atoms with Gasteiger partial charge in [0.2, 0.25) is 5.95 Å². The molecule has 0 bridgehead atoms. The van der Waals surface area contributed by atoms with Crippen LogP contribution in [0, 0.1) is 6.92 Å². The van der Waals surface area contributed by atoms with Gasteiger partial charge in [-0.25, -0.2) is 0 Å². The summed E-state index contributed by atoms with van der Waals surface area (Å²) >= 11 is 0. The minimum absolute atomic E-state index is 0.0163. The number of para-hydroxylation sites is 1. The number of H-pyrrole nitrogens is 1. The predicted molar refractivity (Wildman–Crippen MR) is 183 cm³/mol. The normalized spacial score (nSPS) is 16.8. The fraction of sp³-hybridized carbons (Fsp3) is 0.441. The summed E-state index contributed by atoms with van der Waals surface area (Å²) in [6.07, 6.45) is 3.90. The van der Waals surface area contributed by atoms with Crippen molar-refractivity contribution in [2.75, 3.05) is 30.3 Å². The molecule has 9 nitrogen and oxygen atoms in total. The van der Waals surface area contributed by atoms with E-state index in [-0.39, 0.29) is 24.0 Å². The highest BCUT2D eigenvalue weighted by Crippen LogP contribution is 2.39. The second kappa shape index (κ2) is 13.2. The van der Waals surface area contributed by atoms with Gasteiger partial charge in [0.05, 0.1) is 34.4 Å². The molecular formula is C34H46N6O3S. The molecule has 3 heterocycles. The average molecular weight is 619 g/mol. The van der Waals surface area contributed by atoms with E-state index in [0.29, 0.717) is 33.9 Å². The molecule has 0 aliphatic carbocycles. The van der Waals surface area contributed by atoms with E-state index >= 15 is 0 Å². The number of likely N-dealkylation sites (tertiary alicyclic amines) is 1. The predicted octanol–water partition coefficient (Wildman–Crippen LogP) is 6.58. The zero-order valence-corrected chi connectivity index (χ0v) is 27.5. The summed E-state index contributed by atoms with van der Waals surface area (Å²) in [5, 5.41) is 17.2. The van der Waals surface area contributed by atoms with Crippen LogP contribution in [0.25, 0.3) is 11.0 Å². The van der Waals surface area contributed by atoms with Crippen molar-refractivity contribution in [1.82, 2.24) is 19.9 Å². The van der Waals surface area contributed by atoms with E-state index in [9.17, 15) is 9.32 Å². The number of piperidine rings is 1. The molecule has 0 saturated carbocycles. The number of benzene rings is 2. The van der Waals surface area contributed by atoms with Crippen LogP contribution in [0.2, 0.25) is 0 Å². The molecule has 236 valence electrons. The molecule has 0 radical (unpaired) electrons. The van der Waals surface area contributed by atoms with E-state index in [2.05, 4.69) is 52.4 Å². The van der Waals surface area contributed by atoms with E-state index in [4.69, 9.17) is 14.7 Å². The lowest BCUT2D eigenvalue weighted by Gasteiger charge is -2.36. The number of nitrogens with one attached hydrogen (secondary N) is 3. The largest absolute Gasteiger partial charge is 0.489 e. The third-order valence-corrected chi connectivity index (χ3v) is 11.1. The maximum Gasteiger partial charge on any atom is 0.231 e. The molecule has 1 aliphatic rings. The number of nitrogens with zero attached hydrogens (tertiary/aromatic N) is 3. The van der Waals surface area contributed by atoms with Crippen LogP contribution in [0.15, 0.2) is 53.6 Å². The summed E-state index contributed by atoms with van der Waals surface area (Å²) in [5.41, 5.74) is 4.65. The first-order valence-corrected chi connectivity index (χ1v) is 17.3.